The van der Waals surface area contributed by atoms with Crippen molar-refractivity contribution in [3.63, 3.8) is 0 Å². The van der Waals surface area contributed by atoms with Crippen molar-refractivity contribution in [2.24, 2.45) is 5.92 Å². The molecule has 0 aliphatic heterocycles. The maximum Gasteiger partial charge on any atom is 0.337 e. The van der Waals surface area contributed by atoms with Crippen molar-refractivity contribution in [2.45, 2.75) is 19.4 Å². The molecule has 0 aromatic heterocycles. The molecule has 1 aromatic rings. The largest absolute Gasteiger partial charge is 0.465 e. The van der Waals surface area contributed by atoms with Gasteiger partial charge in [0.05, 0.1) is 19.2 Å². The lowest BCUT2D eigenvalue weighted by molar-refractivity contribution is -0.120. The number of methoxy groups -OCH3 is 1. The average molecular weight is 276 g/mol. The van der Waals surface area contributed by atoms with E-state index in [2.05, 4.69) is 15.4 Å². The van der Waals surface area contributed by atoms with E-state index in [1.807, 2.05) is 12.1 Å². The van der Waals surface area contributed by atoms with Crippen molar-refractivity contribution in [1.29, 1.82) is 0 Å². The predicted octanol–water partition coefficient (Wildman–Crippen LogP) is 1.09. The third kappa shape index (κ3) is 4.66. The Morgan fingerprint density at radius 3 is 2.55 bits per heavy atom. The van der Waals surface area contributed by atoms with E-state index < -0.39 is 0 Å². The highest BCUT2D eigenvalue weighted by atomic mass is 16.5. The molecule has 2 rings (SSSR count). The molecule has 5 heteroatoms. The van der Waals surface area contributed by atoms with Gasteiger partial charge in [0.25, 0.3) is 0 Å². The molecule has 0 atom stereocenters. The van der Waals surface area contributed by atoms with Gasteiger partial charge in [-0.15, -0.1) is 0 Å². The fourth-order valence-corrected chi connectivity index (χ4v) is 1.85. The van der Waals surface area contributed by atoms with Crippen molar-refractivity contribution < 1.29 is 14.3 Å². The van der Waals surface area contributed by atoms with Gasteiger partial charge in [0.15, 0.2) is 0 Å². The maximum atomic E-state index is 11.6. The third-order valence-electron chi connectivity index (χ3n) is 3.28. The summed E-state index contributed by atoms with van der Waals surface area (Å²) >= 11 is 0. The molecule has 1 amide bonds. The minimum atomic E-state index is -0.357. The van der Waals surface area contributed by atoms with Gasteiger partial charge >= 0.3 is 5.97 Å². The second kappa shape index (κ2) is 7.05. The van der Waals surface area contributed by atoms with Crippen molar-refractivity contribution in [3.05, 3.63) is 35.4 Å². The molecule has 108 valence electrons. The molecule has 0 saturated heterocycles. The molecule has 20 heavy (non-hydrogen) atoms. The molecule has 5 nitrogen and oxygen atoms in total. The Balaban J connectivity index is 1.69. The van der Waals surface area contributed by atoms with Crippen LogP contribution in [0, 0.1) is 5.92 Å². The van der Waals surface area contributed by atoms with E-state index in [1.54, 1.807) is 12.1 Å². The molecular weight excluding hydrogens is 256 g/mol. The Morgan fingerprint density at radius 2 is 1.95 bits per heavy atom. The van der Waals surface area contributed by atoms with Gasteiger partial charge in [-0.25, -0.2) is 4.79 Å². The fourth-order valence-electron chi connectivity index (χ4n) is 1.85. The summed E-state index contributed by atoms with van der Waals surface area (Å²) in [7, 11) is 1.35. The van der Waals surface area contributed by atoms with E-state index in [4.69, 9.17) is 0 Å². The fraction of sp³-hybridized carbons (Fsp3) is 0.467. The minimum absolute atomic E-state index is 0.0114. The van der Waals surface area contributed by atoms with E-state index in [0.29, 0.717) is 18.7 Å². The summed E-state index contributed by atoms with van der Waals surface area (Å²) in [5, 5.41) is 5.98. The summed E-state index contributed by atoms with van der Waals surface area (Å²) in [5.41, 5.74) is 1.46. The molecular formula is C15H20N2O3. The van der Waals surface area contributed by atoms with E-state index in [9.17, 15) is 9.59 Å². The molecule has 0 heterocycles. The Hall–Kier alpha value is -1.88. The topological polar surface area (TPSA) is 67.4 Å². The zero-order valence-corrected chi connectivity index (χ0v) is 11.6. The van der Waals surface area contributed by atoms with Gasteiger partial charge in [0.1, 0.15) is 0 Å². The van der Waals surface area contributed by atoms with Gasteiger partial charge in [-0.3, -0.25) is 4.79 Å². The highest BCUT2D eigenvalue weighted by molar-refractivity contribution is 5.89. The molecule has 0 spiro atoms. The van der Waals surface area contributed by atoms with Gasteiger partial charge in [-0.05, 0) is 43.0 Å². The van der Waals surface area contributed by atoms with Crippen LogP contribution >= 0.6 is 0 Å². The Kier molecular flexibility index (Phi) is 5.12. The summed E-state index contributed by atoms with van der Waals surface area (Å²) in [6, 6.07) is 7.01. The van der Waals surface area contributed by atoms with Gasteiger partial charge in [-0.2, -0.15) is 0 Å². The first-order chi connectivity index (χ1) is 9.69. The number of nitrogens with one attached hydrogen (secondary N) is 2. The number of amides is 1. The lowest BCUT2D eigenvalue weighted by Crippen LogP contribution is -2.34. The van der Waals surface area contributed by atoms with Gasteiger partial charge in [0, 0.05) is 6.54 Å². The van der Waals surface area contributed by atoms with E-state index in [1.165, 1.54) is 20.0 Å². The molecule has 2 N–H and O–H groups in total. The lowest BCUT2D eigenvalue weighted by Gasteiger charge is -2.07. The maximum absolute atomic E-state index is 11.6. The number of hydrogen-bond donors (Lipinski definition) is 2. The number of rotatable bonds is 7. The van der Waals surface area contributed by atoms with E-state index >= 15 is 0 Å². The number of hydrogen-bond acceptors (Lipinski definition) is 4. The summed E-state index contributed by atoms with van der Waals surface area (Å²) in [4.78, 5) is 22.9. The van der Waals surface area contributed by atoms with Gasteiger partial charge < -0.3 is 15.4 Å². The van der Waals surface area contributed by atoms with Gasteiger partial charge in [0.2, 0.25) is 5.91 Å². The normalized spacial score (nSPS) is 13.8. The number of carbonyl (C=O) groups excluding carboxylic acids is 2. The molecule has 1 aliphatic carbocycles. The first kappa shape index (κ1) is 14.5. The van der Waals surface area contributed by atoms with Crippen LogP contribution in [0.2, 0.25) is 0 Å². The van der Waals surface area contributed by atoms with Crippen LogP contribution in [-0.2, 0) is 16.1 Å². The Labute approximate surface area is 118 Å². The second-order valence-corrected chi connectivity index (χ2v) is 5.04. The lowest BCUT2D eigenvalue weighted by atomic mass is 10.1. The van der Waals surface area contributed by atoms with Crippen LogP contribution in [0.1, 0.15) is 28.8 Å². The number of benzene rings is 1. The number of carbonyl (C=O) groups is 2. The van der Waals surface area contributed by atoms with Gasteiger partial charge in [-0.1, -0.05) is 12.1 Å². The van der Waals surface area contributed by atoms with E-state index in [0.717, 1.165) is 18.0 Å². The molecule has 0 bridgehead atoms. The summed E-state index contributed by atoms with van der Waals surface area (Å²) in [6.45, 7) is 1.75. The summed E-state index contributed by atoms with van der Waals surface area (Å²) in [5.74, 6) is 0.404. The zero-order valence-electron chi connectivity index (χ0n) is 11.6. The molecule has 1 aliphatic rings. The van der Waals surface area contributed by atoms with Crippen LogP contribution in [0.15, 0.2) is 24.3 Å². The molecule has 1 aromatic carbocycles. The highest BCUT2D eigenvalue weighted by Gasteiger charge is 2.20. The monoisotopic (exact) mass is 276 g/mol. The quantitative estimate of drug-likeness (QED) is 0.732. The molecule has 0 radical (unpaired) electrons. The first-order valence-corrected chi connectivity index (χ1v) is 6.83. The van der Waals surface area contributed by atoms with Crippen LogP contribution in [0.5, 0.6) is 0 Å². The highest BCUT2D eigenvalue weighted by Crippen LogP contribution is 2.27. The number of esters is 1. The third-order valence-corrected chi connectivity index (χ3v) is 3.28. The first-order valence-electron chi connectivity index (χ1n) is 6.83. The summed E-state index contributed by atoms with van der Waals surface area (Å²) in [6.07, 6.45) is 2.56. The van der Waals surface area contributed by atoms with Crippen LogP contribution in [0.3, 0.4) is 0 Å². The van der Waals surface area contributed by atoms with Crippen molar-refractivity contribution in [1.82, 2.24) is 10.6 Å². The summed E-state index contributed by atoms with van der Waals surface area (Å²) < 4.78 is 4.63. The Bertz CT molecular complexity index is 467. The van der Waals surface area contributed by atoms with Crippen molar-refractivity contribution in [2.75, 3.05) is 20.2 Å². The number of ether oxygens (including phenoxy) is 1. The average Bonchev–Trinajstić information content (AvgIpc) is 3.29. The van der Waals surface area contributed by atoms with Crippen molar-refractivity contribution >= 4 is 11.9 Å². The minimum Gasteiger partial charge on any atom is -0.465 e. The smallest absolute Gasteiger partial charge is 0.337 e. The van der Waals surface area contributed by atoms with E-state index in [-0.39, 0.29) is 11.9 Å². The van der Waals surface area contributed by atoms with Crippen molar-refractivity contribution in [3.8, 4) is 0 Å². The molecule has 0 unspecified atom stereocenters. The molecule has 1 fully saturated rings. The second-order valence-electron chi connectivity index (χ2n) is 5.04. The SMILES string of the molecule is COC(=O)c1ccc(CNC(=O)CNCC2CC2)cc1. The van der Waals surface area contributed by atoms with Crippen LogP contribution in [-0.4, -0.2) is 32.1 Å². The van der Waals surface area contributed by atoms with Crippen LogP contribution in [0.4, 0.5) is 0 Å². The predicted molar refractivity (Wildman–Crippen MR) is 75.2 cm³/mol. The standard InChI is InChI=1S/C15H20N2O3/c1-20-15(19)13-6-4-12(5-7-13)9-17-14(18)10-16-8-11-2-3-11/h4-7,11,16H,2-3,8-10H2,1H3,(H,17,18). The van der Waals surface area contributed by atoms with Crippen LogP contribution in [0.25, 0.3) is 0 Å². The Morgan fingerprint density at radius 1 is 1.25 bits per heavy atom. The molecule has 1 saturated carbocycles. The van der Waals surface area contributed by atoms with Crippen LogP contribution < -0.4 is 10.6 Å². The zero-order chi connectivity index (χ0) is 14.4.